The van der Waals surface area contributed by atoms with Gasteiger partial charge in [0.25, 0.3) is 26.1 Å². The molecule has 0 spiro atoms. The summed E-state index contributed by atoms with van der Waals surface area (Å²) in [7, 11) is -10.1. The molecule has 1 unspecified atom stereocenters. The highest BCUT2D eigenvalue weighted by atomic mass is 32.2. The summed E-state index contributed by atoms with van der Waals surface area (Å²) in [6, 6.07) is 9.67. The first-order chi connectivity index (χ1) is 18.7. The van der Waals surface area contributed by atoms with Crippen LogP contribution in [-0.4, -0.2) is 48.8 Å². The maximum atomic E-state index is 14.9. The maximum Gasteiger partial charge on any atom is 0.271 e. The topological polar surface area (TPSA) is 116 Å². The quantitative estimate of drug-likeness (QED) is 0.136. The van der Waals surface area contributed by atoms with Crippen molar-refractivity contribution in [3.8, 4) is 11.1 Å². The number of aryl methyl sites for hydroxylation is 1. The lowest BCUT2D eigenvalue weighted by molar-refractivity contribution is 0.0179. The van der Waals surface area contributed by atoms with Crippen LogP contribution < -0.4 is 4.31 Å². The highest BCUT2D eigenvalue weighted by molar-refractivity contribution is 7.93. The Morgan fingerprint density at radius 2 is 1.68 bits per heavy atom. The third kappa shape index (κ3) is 7.80. The van der Waals surface area contributed by atoms with Crippen LogP contribution in [0.1, 0.15) is 36.2 Å². The molecule has 0 fully saturated rings. The number of aromatic nitrogens is 1. The lowest BCUT2D eigenvalue weighted by Crippen LogP contribution is -2.42. The molecule has 0 aliphatic carbocycles. The van der Waals surface area contributed by atoms with E-state index in [0.29, 0.717) is 18.2 Å². The average Bonchev–Trinajstić information content (AvgIpc) is 3.18. The van der Waals surface area contributed by atoms with E-state index in [0.717, 1.165) is 16.6 Å². The van der Waals surface area contributed by atoms with Crippen LogP contribution >= 0.6 is 0 Å². The Kier molecular flexibility index (Phi) is 9.55. The van der Waals surface area contributed by atoms with Crippen LogP contribution in [0.25, 0.3) is 11.1 Å². The summed E-state index contributed by atoms with van der Waals surface area (Å²) >= 11 is 0. The molecule has 0 amide bonds. The standard InChI is InChI=1S/C27H36F2N2O7S2Si/c1-18-19(2)30-38-26(18)31(17-36-20(3)41(6,7)8)40(34,35)25-12-10-9-11-23(25)22-14-13-21(16-37-39(5,32)33)15-24(22)27(4,28)29/h9-15,20H,16-17H2,1-8H3. The van der Waals surface area contributed by atoms with E-state index >= 15 is 0 Å². The number of benzene rings is 2. The van der Waals surface area contributed by atoms with Gasteiger partial charge in [-0.3, -0.25) is 4.18 Å². The number of hydrogen-bond acceptors (Lipinski definition) is 8. The molecule has 1 aromatic heterocycles. The third-order valence-electron chi connectivity index (χ3n) is 6.76. The smallest absolute Gasteiger partial charge is 0.271 e. The SMILES string of the molecule is Cc1noc(N(COC(C)[Si](C)(C)C)S(=O)(=O)c2ccccc2-c2ccc(COS(C)(=O)=O)cc2C(C)(F)F)c1C. The van der Waals surface area contributed by atoms with Crippen LogP contribution in [0.15, 0.2) is 51.9 Å². The molecule has 0 saturated carbocycles. The number of halogens is 2. The monoisotopic (exact) mass is 630 g/mol. The van der Waals surface area contributed by atoms with Crippen LogP contribution in [0.3, 0.4) is 0 Å². The normalized spacial score (nSPS) is 13.8. The highest BCUT2D eigenvalue weighted by Crippen LogP contribution is 2.40. The molecular formula is C27H36F2N2O7S2Si. The molecule has 226 valence electrons. The number of rotatable bonds is 12. The first-order valence-corrected chi connectivity index (χ1v) is 19.6. The van der Waals surface area contributed by atoms with E-state index in [1.807, 2.05) is 6.92 Å². The van der Waals surface area contributed by atoms with Gasteiger partial charge in [0.1, 0.15) is 6.73 Å². The van der Waals surface area contributed by atoms with Gasteiger partial charge in [-0.2, -0.15) is 8.42 Å². The molecule has 0 aliphatic rings. The van der Waals surface area contributed by atoms with Crippen molar-refractivity contribution < 1.29 is 39.1 Å². The molecule has 1 heterocycles. The Morgan fingerprint density at radius 1 is 1.05 bits per heavy atom. The van der Waals surface area contributed by atoms with Gasteiger partial charge in [0, 0.05) is 29.3 Å². The molecule has 0 saturated heterocycles. The summed E-state index contributed by atoms with van der Waals surface area (Å²) in [4.78, 5) is -0.247. The zero-order chi connectivity index (χ0) is 31.0. The van der Waals surface area contributed by atoms with E-state index in [2.05, 4.69) is 24.8 Å². The molecule has 3 rings (SSSR count). The fourth-order valence-corrected chi connectivity index (χ4v) is 6.25. The van der Waals surface area contributed by atoms with E-state index in [1.54, 1.807) is 19.9 Å². The largest absolute Gasteiger partial charge is 0.360 e. The molecule has 41 heavy (non-hydrogen) atoms. The highest BCUT2D eigenvalue weighted by Gasteiger charge is 2.36. The van der Waals surface area contributed by atoms with Crippen molar-refractivity contribution in [1.29, 1.82) is 0 Å². The van der Waals surface area contributed by atoms with Gasteiger partial charge in [-0.25, -0.2) is 21.5 Å². The average molecular weight is 631 g/mol. The van der Waals surface area contributed by atoms with Gasteiger partial charge in [0.05, 0.1) is 31.5 Å². The van der Waals surface area contributed by atoms with Crippen molar-refractivity contribution >= 4 is 34.1 Å². The molecule has 9 nitrogen and oxygen atoms in total. The summed E-state index contributed by atoms with van der Waals surface area (Å²) in [6.45, 7) is 11.4. The Hall–Kier alpha value is -2.65. The lowest BCUT2D eigenvalue weighted by atomic mass is 9.94. The van der Waals surface area contributed by atoms with Gasteiger partial charge in [-0.15, -0.1) is 0 Å². The van der Waals surface area contributed by atoms with E-state index in [9.17, 15) is 25.6 Å². The summed E-state index contributed by atoms with van der Waals surface area (Å²) in [5.41, 5.74) is 0.443. The van der Waals surface area contributed by atoms with Crippen molar-refractivity contribution in [3.05, 3.63) is 64.8 Å². The van der Waals surface area contributed by atoms with Crippen molar-refractivity contribution in [2.24, 2.45) is 0 Å². The Morgan fingerprint density at radius 3 is 2.22 bits per heavy atom. The molecule has 3 aromatic rings. The van der Waals surface area contributed by atoms with Gasteiger partial charge in [0.2, 0.25) is 5.88 Å². The number of ether oxygens (including phenoxy) is 1. The van der Waals surface area contributed by atoms with Gasteiger partial charge in [0.15, 0.2) is 0 Å². The van der Waals surface area contributed by atoms with Crippen LogP contribution in [-0.2, 0) is 41.6 Å². The molecular weight excluding hydrogens is 595 g/mol. The molecule has 14 heteroatoms. The third-order valence-corrected chi connectivity index (χ3v) is 11.7. The summed E-state index contributed by atoms with van der Waals surface area (Å²) < 4.78 is 98.5. The first kappa shape index (κ1) is 32.9. The minimum atomic E-state index is -4.44. The molecule has 0 N–H and O–H groups in total. The summed E-state index contributed by atoms with van der Waals surface area (Å²) in [6.07, 6.45) is 0.857. The minimum Gasteiger partial charge on any atom is -0.360 e. The summed E-state index contributed by atoms with van der Waals surface area (Å²) in [5.74, 6) is -3.43. The van der Waals surface area contributed by atoms with Gasteiger partial charge in [-0.1, -0.05) is 55.1 Å². The van der Waals surface area contributed by atoms with Crippen LogP contribution in [0, 0.1) is 13.8 Å². The summed E-state index contributed by atoms with van der Waals surface area (Å²) in [5, 5.41) is 3.91. The molecule has 0 bridgehead atoms. The number of alkyl halides is 2. The van der Waals surface area contributed by atoms with Gasteiger partial charge < -0.3 is 9.26 Å². The number of hydrogen-bond donors (Lipinski definition) is 0. The van der Waals surface area contributed by atoms with Crippen molar-refractivity contribution in [1.82, 2.24) is 5.16 Å². The number of nitrogens with zero attached hydrogens (tertiary/aromatic N) is 2. The van der Waals surface area contributed by atoms with E-state index < -0.39 is 46.3 Å². The first-order valence-electron chi connectivity index (χ1n) is 12.8. The number of sulfonamides is 1. The zero-order valence-electron chi connectivity index (χ0n) is 24.4. The van der Waals surface area contributed by atoms with Crippen LogP contribution in [0.5, 0.6) is 0 Å². The van der Waals surface area contributed by atoms with Crippen molar-refractivity contribution in [3.63, 3.8) is 0 Å². The molecule has 2 aromatic carbocycles. The van der Waals surface area contributed by atoms with Crippen molar-refractivity contribution in [2.45, 2.75) is 70.5 Å². The molecule has 0 aliphatic heterocycles. The van der Waals surface area contributed by atoms with Gasteiger partial charge >= 0.3 is 0 Å². The van der Waals surface area contributed by atoms with Crippen LogP contribution in [0.4, 0.5) is 14.7 Å². The second-order valence-corrected chi connectivity index (χ2v) is 20.1. The maximum absolute atomic E-state index is 14.9. The lowest BCUT2D eigenvalue weighted by Gasteiger charge is -2.29. The molecule has 0 radical (unpaired) electrons. The predicted octanol–water partition coefficient (Wildman–Crippen LogP) is 5.98. The Balaban J connectivity index is 2.19. The minimum absolute atomic E-state index is 0.0248. The zero-order valence-corrected chi connectivity index (χ0v) is 27.0. The van der Waals surface area contributed by atoms with Crippen molar-refractivity contribution in [2.75, 3.05) is 17.3 Å². The van der Waals surface area contributed by atoms with E-state index in [1.165, 1.54) is 30.3 Å². The van der Waals surface area contributed by atoms with E-state index in [-0.39, 0.29) is 39.9 Å². The predicted molar refractivity (Wildman–Crippen MR) is 155 cm³/mol. The van der Waals surface area contributed by atoms with Crippen LogP contribution in [0.2, 0.25) is 19.6 Å². The van der Waals surface area contributed by atoms with Gasteiger partial charge in [-0.05, 0) is 44.0 Å². The fraction of sp³-hybridized carbons (Fsp3) is 0.444. The molecule has 1 atom stereocenters. The Labute approximate surface area is 241 Å². The van der Waals surface area contributed by atoms with E-state index in [4.69, 9.17) is 13.4 Å². The second kappa shape index (κ2) is 11.9. The second-order valence-electron chi connectivity index (χ2n) is 11.1. The fourth-order valence-electron chi connectivity index (χ4n) is 3.79. The Bertz CT molecular complexity index is 1610. The number of anilines is 1.